The van der Waals surface area contributed by atoms with Crippen molar-refractivity contribution in [3.63, 3.8) is 0 Å². The number of halogens is 1. The molecule has 2 atom stereocenters. The van der Waals surface area contributed by atoms with Crippen molar-refractivity contribution >= 4 is 15.9 Å². The van der Waals surface area contributed by atoms with E-state index >= 15 is 0 Å². The maximum absolute atomic E-state index is 5.63. The van der Waals surface area contributed by atoms with Crippen LogP contribution in [0.5, 0.6) is 0 Å². The Labute approximate surface area is 112 Å². The Morgan fingerprint density at radius 1 is 1.00 bits per heavy atom. The Hall–Kier alpha value is -0.380. The third-order valence-electron chi connectivity index (χ3n) is 2.77. The van der Waals surface area contributed by atoms with E-state index < -0.39 is 0 Å². The lowest BCUT2D eigenvalue weighted by Gasteiger charge is -2.19. The molecule has 1 rings (SSSR count). The van der Waals surface area contributed by atoms with Crippen LogP contribution in [0.1, 0.15) is 51.0 Å². The standard InChI is InChI=1S/C14H21BrO2/c1-5-16-10(3)12-8-7-9-13(14(12)15)11(4)17-6-2/h7-11H,5-6H2,1-4H3/t10-,11-/m1/s1. The quantitative estimate of drug-likeness (QED) is 0.762. The van der Waals surface area contributed by atoms with Gasteiger partial charge in [-0.1, -0.05) is 34.1 Å². The minimum atomic E-state index is 0.100. The highest BCUT2D eigenvalue weighted by molar-refractivity contribution is 9.10. The smallest absolute Gasteiger partial charge is 0.0807 e. The molecule has 1 aromatic rings. The van der Waals surface area contributed by atoms with E-state index in [0.717, 1.165) is 17.7 Å². The van der Waals surface area contributed by atoms with Crippen LogP contribution in [0.2, 0.25) is 0 Å². The largest absolute Gasteiger partial charge is 0.374 e. The molecule has 0 bridgehead atoms. The van der Waals surface area contributed by atoms with Crippen LogP contribution >= 0.6 is 15.9 Å². The molecule has 3 heteroatoms. The SMILES string of the molecule is CCO[C@H](C)c1cccc([C@@H](C)OCC)c1Br. The maximum Gasteiger partial charge on any atom is 0.0807 e. The minimum absolute atomic E-state index is 0.100. The lowest BCUT2D eigenvalue weighted by atomic mass is 10.0. The third kappa shape index (κ3) is 3.80. The van der Waals surface area contributed by atoms with E-state index in [0.29, 0.717) is 0 Å². The van der Waals surface area contributed by atoms with Gasteiger partial charge in [-0.25, -0.2) is 0 Å². The molecular weight excluding hydrogens is 280 g/mol. The van der Waals surface area contributed by atoms with E-state index in [-0.39, 0.29) is 12.2 Å². The highest BCUT2D eigenvalue weighted by atomic mass is 79.9. The summed E-state index contributed by atoms with van der Waals surface area (Å²) < 4.78 is 12.4. The molecule has 0 spiro atoms. The van der Waals surface area contributed by atoms with E-state index in [4.69, 9.17) is 9.47 Å². The molecule has 0 saturated carbocycles. The minimum Gasteiger partial charge on any atom is -0.374 e. The van der Waals surface area contributed by atoms with Gasteiger partial charge in [0.2, 0.25) is 0 Å². The van der Waals surface area contributed by atoms with Gasteiger partial charge in [0.15, 0.2) is 0 Å². The first kappa shape index (κ1) is 14.7. The Balaban J connectivity index is 2.98. The van der Waals surface area contributed by atoms with Gasteiger partial charge in [-0.05, 0) is 38.8 Å². The van der Waals surface area contributed by atoms with Crippen LogP contribution in [0.3, 0.4) is 0 Å². The zero-order chi connectivity index (χ0) is 12.8. The van der Waals surface area contributed by atoms with Crippen molar-refractivity contribution in [2.75, 3.05) is 13.2 Å². The summed E-state index contributed by atoms with van der Waals surface area (Å²) in [5.41, 5.74) is 2.35. The lowest BCUT2D eigenvalue weighted by molar-refractivity contribution is 0.0709. The molecule has 0 aliphatic heterocycles. The maximum atomic E-state index is 5.63. The van der Waals surface area contributed by atoms with Crippen LogP contribution in [0.4, 0.5) is 0 Å². The van der Waals surface area contributed by atoms with Crippen LogP contribution in [0.15, 0.2) is 22.7 Å². The Kier molecular flexibility index (Phi) is 6.17. The predicted octanol–water partition coefficient (Wildman–Crippen LogP) is 4.64. The van der Waals surface area contributed by atoms with Gasteiger partial charge in [-0.15, -0.1) is 0 Å². The molecule has 17 heavy (non-hydrogen) atoms. The second kappa shape index (κ2) is 7.14. The molecule has 0 aromatic heterocycles. The molecule has 0 heterocycles. The predicted molar refractivity (Wildman–Crippen MR) is 74.2 cm³/mol. The summed E-state index contributed by atoms with van der Waals surface area (Å²) in [6, 6.07) is 6.24. The van der Waals surface area contributed by atoms with E-state index in [1.54, 1.807) is 0 Å². The van der Waals surface area contributed by atoms with Gasteiger partial charge in [-0.3, -0.25) is 0 Å². The van der Waals surface area contributed by atoms with Crippen LogP contribution in [0, 0.1) is 0 Å². The first-order chi connectivity index (χ1) is 8.11. The second-order valence-corrected chi connectivity index (χ2v) is 4.74. The van der Waals surface area contributed by atoms with Crippen molar-refractivity contribution in [1.29, 1.82) is 0 Å². The fourth-order valence-electron chi connectivity index (χ4n) is 1.88. The Morgan fingerprint density at radius 3 is 1.76 bits per heavy atom. The summed E-state index contributed by atoms with van der Waals surface area (Å²) in [4.78, 5) is 0. The molecular formula is C14H21BrO2. The van der Waals surface area contributed by atoms with Crippen molar-refractivity contribution in [3.05, 3.63) is 33.8 Å². The summed E-state index contributed by atoms with van der Waals surface area (Å²) in [6.07, 6.45) is 0.200. The molecule has 0 saturated heterocycles. The summed E-state index contributed by atoms with van der Waals surface area (Å²) >= 11 is 3.66. The van der Waals surface area contributed by atoms with Gasteiger partial charge in [0, 0.05) is 17.7 Å². The zero-order valence-corrected chi connectivity index (χ0v) is 12.6. The number of rotatable bonds is 6. The summed E-state index contributed by atoms with van der Waals surface area (Å²) in [5.74, 6) is 0. The lowest BCUT2D eigenvalue weighted by Crippen LogP contribution is -2.05. The highest BCUT2D eigenvalue weighted by Crippen LogP contribution is 2.33. The van der Waals surface area contributed by atoms with Crippen molar-refractivity contribution in [2.45, 2.75) is 39.9 Å². The first-order valence-corrected chi connectivity index (χ1v) is 6.92. The second-order valence-electron chi connectivity index (χ2n) is 3.95. The summed E-state index contributed by atoms with van der Waals surface area (Å²) in [7, 11) is 0. The van der Waals surface area contributed by atoms with E-state index in [1.165, 1.54) is 11.1 Å². The van der Waals surface area contributed by atoms with Gasteiger partial charge in [0.1, 0.15) is 0 Å². The molecule has 96 valence electrons. The number of hydrogen-bond donors (Lipinski definition) is 0. The topological polar surface area (TPSA) is 18.5 Å². The molecule has 0 aliphatic carbocycles. The average Bonchev–Trinajstić information content (AvgIpc) is 2.29. The van der Waals surface area contributed by atoms with Gasteiger partial charge >= 0.3 is 0 Å². The zero-order valence-electron chi connectivity index (χ0n) is 11.0. The van der Waals surface area contributed by atoms with Crippen LogP contribution in [-0.4, -0.2) is 13.2 Å². The fraction of sp³-hybridized carbons (Fsp3) is 0.571. The molecule has 0 amide bonds. The molecule has 0 radical (unpaired) electrons. The van der Waals surface area contributed by atoms with Crippen LogP contribution < -0.4 is 0 Å². The van der Waals surface area contributed by atoms with Crippen LogP contribution in [0.25, 0.3) is 0 Å². The first-order valence-electron chi connectivity index (χ1n) is 6.13. The highest BCUT2D eigenvalue weighted by Gasteiger charge is 2.15. The number of hydrogen-bond acceptors (Lipinski definition) is 2. The van der Waals surface area contributed by atoms with Crippen molar-refractivity contribution in [3.8, 4) is 0 Å². The number of benzene rings is 1. The Morgan fingerprint density at radius 2 is 1.41 bits per heavy atom. The van der Waals surface area contributed by atoms with Gasteiger partial charge in [-0.2, -0.15) is 0 Å². The summed E-state index contributed by atoms with van der Waals surface area (Å²) in [5, 5.41) is 0. The number of ether oxygens (including phenoxy) is 2. The average molecular weight is 301 g/mol. The van der Waals surface area contributed by atoms with Gasteiger partial charge < -0.3 is 9.47 Å². The normalized spacial score (nSPS) is 14.6. The van der Waals surface area contributed by atoms with E-state index in [9.17, 15) is 0 Å². The molecule has 1 aromatic carbocycles. The van der Waals surface area contributed by atoms with Gasteiger partial charge in [0.05, 0.1) is 12.2 Å². The van der Waals surface area contributed by atoms with Crippen LogP contribution in [-0.2, 0) is 9.47 Å². The third-order valence-corrected chi connectivity index (χ3v) is 3.68. The van der Waals surface area contributed by atoms with Crippen molar-refractivity contribution < 1.29 is 9.47 Å². The van der Waals surface area contributed by atoms with Crippen molar-refractivity contribution in [1.82, 2.24) is 0 Å². The molecule has 0 fully saturated rings. The van der Waals surface area contributed by atoms with Crippen molar-refractivity contribution in [2.24, 2.45) is 0 Å². The Bertz CT molecular complexity index is 322. The van der Waals surface area contributed by atoms with E-state index in [2.05, 4.69) is 48.0 Å². The van der Waals surface area contributed by atoms with E-state index in [1.807, 2.05) is 13.8 Å². The fourth-order valence-corrected chi connectivity index (χ4v) is 2.79. The van der Waals surface area contributed by atoms with Gasteiger partial charge in [0.25, 0.3) is 0 Å². The molecule has 0 aliphatic rings. The molecule has 0 unspecified atom stereocenters. The molecule has 2 nitrogen and oxygen atoms in total. The summed E-state index contributed by atoms with van der Waals surface area (Å²) in [6.45, 7) is 9.60. The monoisotopic (exact) mass is 300 g/mol. The molecule has 0 N–H and O–H groups in total.